The molecule has 1 rings (SSSR count). The van der Waals surface area contributed by atoms with Crippen molar-refractivity contribution in [3.05, 3.63) is 30.1 Å². The lowest BCUT2D eigenvalue weighted by Gasteiger charge is -1.98. The molecule has 0 fully saturated rings. The highest BCUT2D eigenvalue weighted by Crippen LogP contribution is 2.09. The number of benzene rings is 1. The van der Waals surface area contributed by atoms with Crippen molar-refractivity contribution in [3.8, 4) is 0 Å². The van der Waals surface area contributed by atoms with Crippen molar-refractivity contribution in [1.29, 1.82) is 4.78 Å². The Hall–Kier alpha value is -0.900. The highest BCUT2D eigenvalue weighted by atomic mass is 32.2. The molecule has 0 saturated heterocycles. The predicted octanol–water partition coefficient (Wildman–Crippen LogP) is 1.86. The number of hydrogen-bond donors (Lipinski definition) is 1. The van der Waals surface area contributed by atoms with Crippen LogP contribution in [0.1, 0.15) is 0 Å². The summed E-state index contributed by atoms with van der Waals surface area (Å²) in [6, 6.07) is 5.31. The van der Waals surface area contributed by atoms with Gasteiger partial charge in [0.15, 0.2) is 0 Å². The van der Waals surface area contributed by atoms with Crippen molar-refractivity contribution in [1.82, 2.24) is 0 Å². The first-order valence-electron chi connectivity index (χ1n) is 2.99. The van der Waals surface area contributed by atoms with Crippen LogP contribution in [0.4, 0.5) is 4.39 Å². The Labute approximate surface area is 65.0 Å². The number of halogens is 1. The molecule has 1 N–H and O–H groups in total. The van der Waals surface area contributed by atoms with Crippen molar-refractivity contribution < 1.29 is 8.60 Å². The fourth-order valence-corrected chi connectivity index (χ4v) is 1.39. The van der Waals surface area contributed by atoms with E-state index in [4.69, 9.17) is 4.78 Å². The maximum Gasteiger partial charge on any atom is 0.124 e. The Kier molecular flexibility index (Phi) is 1.95. The Bertz CT molecular complexity index is 358. The molecule has 0 aliphatic carbocycles. The fourth-order valence-electron chi connectivity index (χ4n) is 0.709. The summed E-state index contributed by atoms with van der Waals surface area (Å²) in [6.07, 6.45) is 1.27. The monoisotopic (exact) mass is 173 g/mol. The van der Waals surface area contributed by atoms with Gasteiger partial charge in [0.1, 0.15) is 5.82 Å². The van der Waals surface area contributed by atoms with Gasteiger partial charge in [-0.05, 0) is 18.2 Å². The fraction of sp³-hybridized carbons (Fsp3) is 0.143. The summed E-state index contributed by atoms with van der Waals surface area (Å²) in [4.78, 5) is 0.234. The molecule has 11 heavy (non-hydrogen) atoms. The summed E-state index contributed by atoms with van der Waals surface area (Å²) in [5.41, 5.74) is 0. The third-order valence-corrected chi connectivity index (χ3v) is 2.40. The van der Waals surface area contributed by atoms with Crippen LogP contribution in [-0.2, 0) is 9.73 Å². The molecule has 4 heteroatoms. The molecule has 0 unspecified atom stereocenters. The van der Waals surface area contributed by atoms with Crippen LogP contribution in [0.25, 0.3) is 0 Å². The molecule has 0 amide bonds. The van der Waals surface area contributed by atoms with Crippen molar-refractivity contribution in [2.75, 3.05) is 6.26 Å². The molecule has 0 aromatic heterocycles. The van der Waals surface area contributed by atoms with Gasteiger partial charge >= 0.3 is 0 Å². The van der Waals surface area contributed by atoms with E-state index in [1.807, 2.05) is 0 Å². The minimum absolute atomic E-state index is 0.234. The van der Waals surface area contributed by atoms with E-state index in [9.17, 15) is 8.60 Å². The Morgan fingerprint density at radius 1 is 1.55 bits per heavy atom. The summed E-state index contributed by atoms with van der Waals surface area (Å²) in [5.74, 6) is -0.454. The van der Waals surface area contributed by atoms with Crippen LogP contribution in [0.5, 0.6) is 0 Å². The average molecular weight is 173 g/mol. The zero-order chi connectivity index (χ0) is 8.48. The lowest BCUT2D eigenvalue weighted by atomic mass is 10.4. The first-order valence-corrected chi connectivity index (χ1v) is 4.96. The molecule has 1 atom stereocenters. The molecular formula is C7H8FNOS. The topological polar surface area (TPSA) is 40.9 Å². The molecule has 0 heterocycles. The SMILES string of the molecule is C[S@@](=N)(=O)c1cccc(F)c1. The molecule has 1 aromatic carbocycles. The van der Waals surface area contributed by atoms with Gasteiger partial charge in [-0.3, -0.25) is 0 Å². The third kappa shape index (κ3) is 2.01. The lowest BCUT2D eigenvalue weighted by Crippen LogP contribution is -1.94. The van der Waals surface area contributed by atoms with E-state index in [0.29, 0.717) is 0 Å². The molecule has 0 aliphatic heterocycles. The van der Waals surface area contributed by atoms with Gasteiger partial charge in [0.25, 0.3) is 0 Å². The first kappa shape index (κ1) is 8.20. The first-order chi connectivity index (χ1) is 5.00. The van der Waals surface area contributed by atoms with E-state index < -0.39 is 15.5 Å². The van der Waals surface area contributed by atoms with Crippen LogP contribution in [0, 0.1) is 10.6 Å². The smallest absolute Gasteiger partial charge is 0.124 e. The molecule has 0 aliphatic rings. The predicted molar refractivity (Wildman–Crippen MR) is 41.5 cm³/mol. The van der Waals surface area contributed by atoms with Crippen LogP contribution < -0.4 is 0 Å². The molecular weight excluding hydrogens is 165 g/mol. The van der Waals surface area contributed by atoms with Gasteiger partial charge in [0.2, 0.25) is 0 Å². The molecule has 0 bridgehead atoms. The van der Waals surface area contributed by atoms with Gasteiger partial charge in [0.05, 0.1) is 9.73 Å². The van der Waals surface area contributed by atoms with Crippen molar-refractivity contribution in [3.63, 3.8) is 0 Å². The second-order valence-corrected chi connectivity index (χ2v) is 4.46. The highest BCUT2D eigenvalue weighted by molar-refractivity contribution is 7.91. The quantitative estimate of drug-likeness (QED) is 0.691. The molecule has 1 aromatic rings. The normalized spacial score (nSPS) is 15.8. The van der Waals surface area contributed by atoms with Crippen LogP contribution in [0.2, 0.25) is 0 Å². The van der Waals surface area contributed by atoms with Crippen LogP contribution in [0.15, 0.2) is 29.2 Å². The number of rotatable bonds is 1. The van der Waals surface area contributed by atoms with Gasteiger partial charge < -0.3 is 0 Å². The summed E-state index contributed by atoms with van der Waals surface area (Å²) >= 11 is 0. The maximum atomic E-state index is 12.5. The summed E-state index contributed by atoms with van der Waals surface area (Å²) in [7, 11) is -2.77. The van der Waals surface area contributed by atoms with Crippen LogP contribution >= 0.6 is 0 Å². The van der Waals surface area contributed by atoms with Gasteiger partial charge in [-0.1, -0.05) is 6.07 Å². The minimum Gasteiger partial charge on any atom is -0.249 e. The Balaban J connectivity index is 3.28. The van der Waals surface area contributed by atoms with E-state index in [1.165, 1.54) is 24.5 Å². The number of nitrogens with one attached hydrogen (secondary N) is 1. The summed E-state index contributed by atoms with van der Waals surface area (Å²) < 4.78 is 30.7. The van der Waals surface area contributed by atoms with Crippen LogP contribution in [0.3, 0.4) is 0 Å². The van der Waals surface area contributed by atoms with E-state index in [-0.39, 0.29) is 4.90 Å². The number of hydrogen-bond acceptors (Lipinski definition) is 2. The summed E-state index contributed by atoms with van der Waals surface area (Å²) in [5, 5.41) is 0. The Morgan fingerprint density at radius 3 is 2.55 bits per heavy atom. The minimum atomic E-state index is -2.77. The molecule has 0 spiro atoms. The standard InChI is InChI=1S/C7H8FNOS/c1-11(9,10)7-4-2-3-6(8)5-7/h2-5,9H,1H3/t11-/m1/s1. The second kappa shape index (κ2) is 2.62. The van der Waals surface area contributed by atoms with Gasteiger partial charge in [-0.25, -0.2) is 13.4 Å². The average Bonchev–Trinajstić information content (AvgIpc) is 1.86. The van der Waals surface area contributed by atoms with Crippen LogP contribution in [-0.4, -0.2) is 10.5 Å². The van der Waals surface area contributed by atoms with Crippen molar-refractivity contribution in [2.24, 2.45) is 0 Å². The zero-order valence-electron chi connectivity index (χ0n) is 6.00. The van der Waals surface area contributed by atoms with Gasteiger partial charge in [-0.15, -0.1) is 0 Å². The van der Waals surface area contributed by atoms with Crippen molar-refractivity contribution >= 4 is 9.73 Å². The van der Waals surface area contributed by atoms with E-state index >= 15 is 0 Å². The molecule has 0 saturated carbocycles. The molecule has 2 nitrogen and oxygen atoms in total. The lowest BCUT2D eigenvalue weighted by molar-refractivity contribution is 0.622. The largest absolute Gasteiger partial charge is 0.249 e. The van der Waals surface area contributed by atoms with E-state index in [1.54, 1.807) is 0 Å². The van der Waals surface area contributed by atoms with Crippen molar-refractivity contribution in [2.45, 2.75) is 4.90 Å². The zero-order valence-corrected chi connectivity index (χ0v) is 6.82. The maximum absolute atomic E-state index is 12.5. The van der Waals surface area contributed by atoms with Gasteiger partial charge in [0, 0.05) is 11.2 Å². The summed E-state index contributed by atoms with van der Waals surface area (Å²) in [6.45, 7) is 0. The van der Waals surface area contributed by atoms with E-state index in [2.05, 4.69) is 0 Å². The third-order valence-electron chi connectivity index (χ3n) is 1.25. The second-order valence-electron chi connectivity index (χ2n) is 2.30. The molecule has 0 radical (unpaired) electrons. The van der Waals surface area contributed by atoms with Gasteiger partial charge in [-0.2, -0.15) is 0 Å². The van der Waals surface area contributed by atoms with E-state index in [0.717, 1.165) is 6.07 Å². The Morgan fingerprint density at radius 2 is 2.18 bits per heavy atom. The highest BCUT2D eigenvalue weighted by Gasteiger charge is 2.02. The molecule has 60 valence electrons.